The number of anilines is 1. The molecule has 8 heteroatoms. The molecule has 0 bridgehead atoms. The van der Waals surface area contributed by atoms with Crippen LogP contribution in [0.15, 0.2) is 59.7 Å². The standard InChI is InChI=1S/C23H15Cl4N3O/c1-31-21-12-16(8-6-14(21)5-7-15-11-17(24)9-10-18(15)25)23-28-13-30(29-23)22-19(26)3-2-4-20(22)27/h2-4,6,8-12H,13H2,1H3,(H,28,29). The monoisotopic (exact) mass is 489 g/mol. The summed E-state index contributed by atoms with van der Waals surface area (Å²) in [5.41, 5.74) is 2.86. The largest absolute Gasteiger partial charge is 0.495 e. The number of hydrogen-bond donors (Lipinski definition) is 1. The minimum atomic E-state index is 0.440. The molecule has 0 unspecified atom stereocenters. The molecule has 0 aromatic heterocycles. The fourth-order valence-corrected chi connectivity index (χ4v) is 3.96. The molecule has 0 aliphatic carbocycles. The highest BCUT2D eigenvalue weighted by atomic mass is 35.5. The van der Waals surface area contributed by atoms with Crippen LogP contribution >= 0.6 is 46.4 Å². The lowest BCUT2D eigenvalue weighted by Gasteiger charge is -2.15. The van der Waals surface area contributed by atoms with E-state index >= 15 is 0 Å². The third-order valence-electron chi connectivity index (χ3n) is 4.55. The van der Waals surface area contributed by atoms with Gasteiger partial charge in [-0.2, -0.15) is 5.10 Å². The Bertz CT molecular complexity index is 1230. The van der Waals surface area contributed by atoms with Crippen LogP contribution < -0.4 is 15.1 Å². The molecule has 3 aromatic carbocycles. The van der Waals surface area contributed by atoms with E-state index in [1.807, 2.05) is 18.2 Å². The Kier molecular flexibility index (Phi) is 6.50. The molecule has 4 nitrogen and oxygen atoms in total. The number of ether oxygens (including phenoxy) is 1. The Hall–Kier alpha value is -2.55. The van der Waals surface area contributed by atoms with E-state index in [1.54, 1.807) is 48.5 Å². The number of halogens is 4. The fraction of sp³-hybridized carbons (Fsp3) is 0.0870. The Morgan fingerprint density at radius 1 is 0.903 bits per heavy atom. The maximum atomic E-state index is 6.30. The van der Waals surface area contributed by atoms with E-state index in [0.29, 0.717) is 55.2 Å². The average molecular weight is 491 g/mol. The lowest BCUT2D eigenvalue weighted by atomic mass is 10.1. The minimum Gasteiger partial charge on any atom is -0.495 e. The summed E-state index contributed by atoms with van der Waals surface area (Å²) >= 11 is 24.8. The first kappa shape index (κ1) is 21.7. The number of hydrogen-bond acceptors (Lipinski definition) is 4. The molecule has 0 atom stereocenters. The fourth-order valence-electron chi connectivity index (χ4n) is 3.04. The first-order valence-corrected chi connectivity index (χ1v) is 10.7. The third-order valence-corrected chi connectivity index (χ3v) is 5.72. The summed E-state index contributed by atoms with van der Waals surface area (Å²) in [7, 11) is 1.59. The van der Waals surface area contributed by atoms with Gasteiger partial charge >= 0.3 is 0 Å². The van der Waals surface area contributed by atoms with Gasteiger partial charge in [-0.1, -0.05) is 64.3 Å². The van der Waals surface area contributed by atoms with Crippen molar-refractivity contribution in [1.29, 1.82) is 0 Å². The van der Waals surface area contributed by atoms with E-state index in [2.05, 4.69) is 22.3 Å². The number of nitrogens with one attached hydrogen (secondary N) is 1. The van der Waals surface area contributed by atoms with Crippen molar-refractivity contribution < 1.29 is 4.74 Å². The molecule has 4 rings (SSSR count). The molecule has 1 aliphatic rings. The molecule has 0 spiro atoms. The van der Waals surface area contributed by atoms with Crippen molar-refractivity contribution in [2.75, 3.05) is 18.8 Å². The number of benzene rings is 3. The van der Waals surface area contributed by atoms with E-state index in [-0.39, 0.29) is 0 Å². The molecule has 31 heavy (non-hydrogen) atoms. The number of rotatable bonds is 3. The van der Waals surface area contributed by atoms with Crippen molar-refractivity contribution in [2.45, 2.75) is 0 Å². The molecule has 0 fully saturated rings. The van der Waals surface area contributed by atoms with Crippen LogP contribution in [-0.2, 0) is 0 Å². The zero-order chi connectivity index (χ0) is 22.0. The highest BCUT2D eigenvalue weighted by Crippen LogP contribution is 2.34. The zero-order valence-corrected chi connectivity index (χ0v) is 19.2. The molecular formula is C23H15Cl4N3O. The molecule has 0 radical (unpaired) electrons. The van der Waals surface area contributed by atoms with Gasteiger partial charge in [-0.05, 0) is 48.5 Å². The molecule has 3 aromatic rings. The van der Waals surface area contributed by atoms with Gasteiger partial charge in [0.2, 0.25) is 0 Å². The Labute approximate surface area is 200 Å². The number of hydrazone groups is 1. The molecule has 0 saturated heterocycles. The first-order valence-electron chi connectivity index (χ1n) is 9.16. The number of para-hydroxylation sites is 1. The van der Waals surface area contributed by atoms with Gasteiger partial charge in [-0.15, -0.1) is 0 Å². The van der Waals surface area contributed by atoms with Crippen LogP contribution in [0.3, 0.4) is 0 Å². The molecule has 1 N–H and O–H groups in total. The van der Waals surface area contributed by atoms with E-state index in [1.165, 1.54) is 0 Å². The van der Waals surface area contributed by atoms with Crippen molar-refractivity contribution in [2.24, 2.45) is 5.10 Å². The van der Waals surface area contributed by atoms with Gasteiger partial charge in [-0.3, -0.25) is 0 Å². The summed E-state index contributed by atoms with van der Waals surface area (Å²) < 4.78 is 5.54. The quantitative estimate of drug-likeness (QED) is 0.429. The first-order chi connectivity index (χ1) is 15.0. The second-order valence-corrected chi connectivity index (χ2v) is 8.20. The van der Waals surface area contributed by atoms with E-state index < -0.39 is 0 Å². The second-order valence-electron chi connectivity index (χ2n) is 6.54. The lowest BCUT2D eigenvalue weighted by molar-refractivity contribution is 0.413. The summed E-state index contributed by atoms with van der Waals surface area (Å²) in [5, 5.41) is 11.8. The molecular weight excluding hydrogens is 476 g/mol. The predicted octanol–water partition coefficient (Wildman–Crippen LogP) is 6.44. The van der Waals surface area contributed by atoms with Gasteiger partial charge in [-0.25, -0.2) is 5.01 Å². The Morgan fingerprint density at radius 3 is 2.39 bits per heavy atom. The maximum Gasteiger partial charge on any atom is 0.155 e. The third kappa shape index (κ3) is 4.71. The van der Waals surface area contributed by atoms with Crippen LogP contribution in [0.25, 0.3) is 0 Å². The van der Waals surface area contributed by atoms with E-state index in [0.717, 1.165) is 5.56 Å². The van der Waals surface area contributed by atoms with Gasteiger partial charge in [0.15, 0.2) is 5.84 Å². The summed E-state index contributed by atoms with van der Waals surface area (Å²) in [6.45, 7) is 0.440. The van der Waals surface area contributed by atoms with Crippen LogP contribution in [0.4, 0.5) is 5.69 Å². The summed E-state index contributed by atoms with van der Waals surface area (Å²) in [6.07, 6.45) is 0. The van der Waals surface area contributed by atoms with Crippen molar-refractivity contribution in [3.05, 3.63) is 91.4 Å². The number of nitrogens with zero attached hydrogens (tertiary/aromatic N) is 2. The molecule has 156 valence electrons. The number of methoxy groups -OCH3 is 1. The highest BCUT2D eigenvalue weighted by Gasteiger charge is 2.21. The van der Waals surface area contributed by atoms with Crippen molar-refractivity contribution in [3.8, 4) is 17.6 Å². The number of amidine groups is 1. The summed E-state index contributed by atoms with van der Waals surface area (Å²) in [6, 6.07) is 16.2. The van der Waals surface area contributed by atoms with Gasteiger partial charge < -0.3 is 10.1 Å². The molecule has 0 amide bonds. The van der Waals surface area contributed by atoms with Crippen molar-refractivity contribution in [1.82, 2.24) is 5.32 Å². The van der Waals surface area contributed by atoms with Gasteiger partial charge in [0.1, 0.15) is 12.4 Å². The van der Waals surface area contributed by atoms with Crippen molar-refractivity contribution in [3.63, 3.8) is 0 Å². The zero-order valence-electron chi connectivity index (χ0n) is 16.2. The van der Waals surface area contributed by atoms with Gasteiger partial charge in [0.05, 0.1) is 33.4 Å². The minimum absolute atomic E-state index is 0.440. The summed E-state index contributed by atoms with van der Waals surface area (Å²) in [5.74, 6) is 7.42. The molecule has 1 heterocycles. The topological polar surface area (TPSA) is 36.9 Å². The Morgan fingerprint density at radius 2 is 1.65 bits per heavy atom. The smallest absolute Gasteiger partial charge is 0.155 e. The highest BCUT2D eigenvalue weighted by molar-refractivity contribution is 6.39. The molecule has 0 saturated carbocycles. The molecule has 1 aliphatic heterocycles. The van der Waals surface area contributed by atoms with Crippen LogP contribution in [0.1, 0.15) is 16.7 Å². The van der Waals surface area contributed by atoms with Crippen LogP contribution in [-0.4, -0.2) is 19.6 Å². The normalized spacial score (nSPS) is 12.7. The second kappa shape index (κ2) is 9.30. The van der Waals surface area contributed by atoms with Gasteiger partial charge in [0.25, 0.3) is 0 Å². The maximum absolute atomic E-state index is 6.30. The van der Waals surface area contributed by atoms with Gasteiger partial charge in [0, 0.05) is 16.1 Å². The van der Waals surface area contributed by atoms with Crippen molar-refractivity contribution >= 4 is 57.9 Å². The van der Waals surface area contributed by atoms with Crippen LogP contribution in [0.2, 0.25) is 20.1 Å². The predicted molar refractivity (Wildman–Crippen MR) is 129 cm³/mol. The lowest BCUT2D eigenvalue weighted by Crippen LogP contribution is -2.24. The Balaban J connectivity index is 1.63. The summed E-state index contributed by atoms with van der Waals surface area (Å²) in [4.78, 5) is 0. The van der Waals surface area contributed by atoms with E-state index in [9.17, 15) is 0 Å². The van der Waals surface area contributed by atoms with E-state index in [4.69, 9.17) is 51.1 Å². The SMILES string of the molecule is COc1cc(C2=NN(c3c(Cl)cccc3Cl)CN2)ccc1C#Cc1cc(Cl)ccc1Cl. The van der Waals surface area contributed by atoms with Crippen LogP contribution in [0.5, 0.6) is 5.75 Å². The average Bonchev–Trinajstić information content (AvgIpc) is 3.24. The van der Waals surface area contributed by atoms with Crippen LogP contribution in [0, 0.1) is 11.8 Å².